The van der Waals surface area contributed by atoms with E-state index in [2.05, 4.69) is 0 Å². The molecule has 1 amide bonds. The van der Waals surface area contributed by atoms with Crippen LogP contribution in [0.25, 0.3) is 0 Å². The smallest absolute Gasteiger partial charge is 0.223 e. The highest BCUT2D eigenvalue weighted by molar-refractivity contribution is 7.09. The summed E-state index contributed by atoms with van der Waals surface area (Å²) < 4.78 is 19.1. The predicted molar refractivity (Wildman–Crippen MR) is 92.0 cm³/mol. The monoisotopic (exact) mass is 343 g/mol. The van der Waals surface area contributed by atoms with Crippen molar-refractivity contribution >= 4 is 17.2 Å². The fourth-order valence-electron chi connectivity index (χ4n) is 2.51. The summed E-state index contributed by atoms with van der Waals surface area (Å²) in [5, 5.41) is 1.99. The highest BCUT2D eigenvalue weighted by atomic mass is 32.1. The first kappa shape index (κ1) is 16.5. The van der Waals surface area contributed by atoms with Crippen LogP contribution < -0.4 is 0 Å². The Morgan fingerprint density at radius 1 is 1.08 bits per heavy atom. The van der Waals surface area contributed by atoms with Crippen molar-refractivity contribution in [2.45, 2.75) is 25.9 Å². The zero-order valence-corrected chi connectivity index (χ0v) is 14.0. The van der Waals surface area contributed by atoms with E-state index < -0.39 is 0 Å². The van der Waals surface area contributed by atoms with Crippen molar-refractivity contribution in [1.82, 2.24) is 4.90 Å². The van der Waals surface area contributed by atoms with Crippen LogP contribution >= 0.6 is 11.3 Å². The lowest BCUT2D eigenvalue weighted by molar-refractivity contribution is -0.132. The summed E-state index contributed by atoms with van der Waals surface area (Å²) in [7, 11) is 0. The van der Waals surface area contributed by atoms with E-state index in [1.807, 2.05) is 29.6 Å². The Kier molecular flexibility index (Phi) is 5.43. The molecule has 3 aromatic rings. The first-order chi connectivity index (χ1) is 11.7. The zero-order valence-electron chi connectivity index (χ0n) is 13.2. The molecular formula is C19H18FNO2S. The largest absolute Gasteiger partial charge is 0.467 e. The summed E-state index contributed by atoms with van der Waals surface area (Å²) in [6, 6.07) is 14.2. The van der Waals surface area contributed by atoms with Gasteiger partial charge in [-0.1, -0.05) is 24.3 Å². The molecule has 3 rings (SSSR count). The molecule has 0 N–H and O–H groups in total. The van der Waals surface area contributed by atoms with Crippen LogP contribution in [0.5, 0.6) is 0 Å². The highest BCUT2D eigenvalue weighted by Crippen LogP contribution is 2.17. The number of thiophene rings is 1. The van der Waals surface area contributed by atoms with Crippen molar-refractivity contribution in [2.75, 3.05) is 0 Å². The van der Waals surface area contributed by atoms with Crippen LogP contribution in [0.15, 0.2) is 64.6 Å². The molecule has 0 unspecified atom stereocenters. The van der Waals surface area contributed by atoms with Gasteiger partial charge in [-0.3, -0.25) is 4.79 Å². The van der Waals surface area contributed by atoms with Gasteiger partial charge in [0, 0.05) is 11.3 Å². The lowest BCUT2D eigenvalue weighted by Crippen LogP contribution is -2.29. The number of carbonyl (C=O) groups is 1. The van der Waals surface area contributed by atoms with E-state index in [9.17, 15) is 9.18 Å². The fourth-order valence-corrected chi connectivity index (χ4v) is 3.23. The van der Waals surface area contributed by atoms with Crippen LogP contribution in [0.1, 0.15) is 22.6 Å². The van der Waals surface area contributed by atoms with Gasteiger partial charge in [-0.05, 0) is 41.6 Å². The summed E-state index contributed by atoms with van der Waals surface area (Å²) in [5.74, 6) is 0.468. The van der Waals surface area contributed by atoms with Crippen LogP contribution in [0, 0.1) is 5.82 Å². The van der Waals surface area contributed by atoms with Crippen molar-refractivity contribution in [1.29, 1.82) is 0 Å². The molecule has 0 spiro atoms. The Labute approximate surface area is 144 Å². The number of rotatable bonds is 7. The number of hydrogen-bond acceptors (Lipinski definition) is 3. The standard InChI is InChI=1S/C19H18FNO2S/c20-18-8-2-1-5-15(18)9-10-19(22)21(13-16-6-3-11-23-16)14-17-7-4-12-24-17/h1-8,11-12H,9-10,13-14H2. The number of furan rings is 1. The summed E-state index contributed by atoms with van der Waals surface area (Å²) in [6.07, 6.45) is 2.26. The third kappa shape index (κ3) is 4.32. The van der Waals surface area contributed by atoms with E-state index >= 15 is 0 Å². The first-order valence-corrected chi connectivity index (χ1v) is 8.66. The number of benzene rings is 1. The maximum absolute atomic E-state index is 13.7. The summed E-state index contributed by atoms with van der Waals surface area (Å²) in [5.41, 5.74) is 0.569. The number of halogens is 1. The summed E-state index contributed by atoms with van der Waals surface area (Å²) in [4.78, 5) is 15.5. The average molecular weight is 343 g/mol. The molecule has 3 nitrogen and oxygen atoms in total. The van der Waals surface area contributed by atoms with Gasteiger partial charge in [-0.2, -0.15) is 0 Å². The molecule has 0 aliphatic rings. The second-order valence-corrected chi connectivity index (χ2v) is 6.53. The lowest BCUT2D eigenvalue weighted by Gasteiger charge is -2.21. The molecule has 24 heavy (non-hydrogen) atoms. The Morgan fingerprint density at radius 3 is 2.67 bits per heavy atom. The van der Waals surface area contributed by atoms with Gasteiger partial charge in [0.1, 0.15) is 11.6 Å². The normalized spacial score (nSPS) is 10.7. The summed E-state index contributed by atoms with van der Waals surface area (Å²) >= 11 is 1.61. The molecule has 0 bridgehead atoms. The molecule has 0 saturated carbocycles. The highest BCUT2D eigenvalue weighted by Gasteiger charge is 2.17. The Bertz CT molecular complexity index is 732. The first-order valence-electron chi connectivity index (χ1n) is 7.78. The molecule has 0 aliphatic heterocycles. The minimum Gasteiger partial charge on any atom is -0.467 e. The van der Waals surface area contributed by atoms with Gasteiger partial charge in [0.2, 0.25) is 5.91 Å². The van der Waals surface area contributed by atoms with E-state index in [0.717, 1.165) is 10.6 Å². The van der Waals surface area contributed by atoms with E-state index in [4.69, 9.17) is 4.42 Å². The summed E-state index contributed by atoms with van der Waals surface area (Å²) in [6.45, 7) is 0.954. The number of amides is 1. The molecule has 2 heterocycles. The van der Waals surface area contributed by atoms with Crippen molar-refractivity contribution in [3.63, 3.8) is 0 Å². The van der Waals surface area contributed by atoms with E-state index in [-0.39, 0.29) is 18.1 Å². The Hall–Kier alpha value is -2.40. The number of carbonyl (C=O) groups excluding carboxylic acids is 1. The van der Waals surface area contributed by atoms with Crippen LogP contribution in [-0.4, -0.2) is 10.8 Å². The second-order valence-electron chi connectivity index (χ2n) is 5.50. The number of hydrogen-bond donors (Lipinski definition) is 0. The second kappa shape index (κ2) is 7.93. The molecule has 0 saturated heterocycles. The molecule has 124 valence electrons. The molecule has 5 heteroatoms. The van der Waals surface area contributed by atoms with Gasteiger partial charge in [-0.25, -0.2) is 4.39 Å². The van der Waals surface area contributed by atoms with Gasteiger partial charge < -0.3 is 9.32 Å². The van der Waals surface area contributed by atoms with Crippen LogP contribution in [0.3, 0.4) is 0 Å². The van der Waals surface area contributed by atoms with Gasteiger partial charge in [0.25, 0.3) is 0 Å². The molecular weight excluding hydrogens is 325 g/mol. The third-order valence-corrected chi connectivity index (χ3v) is 4.63. The Morgan fingerprint density at radius 2 is 1.96 bits per heavy atom. The molecule has 0 fully saturated rings. The van der Waals surface area contributed by atoms with Gasteiger partial charge in [-0.15, -0.1) is 11.3 Å². The minimum atomic E-state index is -0.263. The molecule has 2 aromatic heterocycles. The third-order valence-electron chi connectivity index (χ3n) is 3.77. The maximum atomic E-state index is 13.7. The molecule has 0 aliphatic carbocycles. The van der Waals surface area contributed by atoms with Gasteiger partial charge in [0.15, 0.2) is 0 Å². The van der Waals surface area contributed by atoms with Crippen molar-refractivity contribution in [3.8, 4) is 0 Å². The SMILES string of the molecule is O=C(CCc1ccccc1F)N(Cc1ccco1)Cc1cccs1. The average Bonchev–Trinajstić information content (AvgIpc) is 3.27. The lowest BCUT2D eigenvalue weighted by atomic mass is 10.1. The predicted octanol–water partition coefficient (Wildman–Crippen LogP) is 4.64. The fraction of sp³-hybridized carbons (Fsp3) is 0.211. The van der Waals surface area contributed by atoms with Crippen LogP contribution in [-0.2, 0) is 24.3 Å². The van der Waals surface area contributed by atoms with Crippen molar-refractivity contribution in [2.24, 2.45) is 0 Å². The van der Waals surface area contributed by atoms with E-state index in [1.165, 1.54) is 6.07 Å². The van der Waals surface area contributed by atoms with Crippen LogP contribution in [0.4, 0.5) is 4.39 Å². The van der Waals surface area contributed by atoms with E-state index in [0.29, 0.717) is 25.1 Å². The van der Waals surface area contributed by atoms with Crippen molar-refractivity contribution in [3.05, 3.63) is 82.2 Å². The quantitative estimate of drug-likeness (QED) is 0.626. The molecule has 0 radical (unpaired) electrons. The number of aryl methyl sites for hydroxylation is 1. The zero-order chi connectivity index (χ0) is 16.8. The van der Waals surface area contributed by atoms with Gasteiger partial charge in [0.05, 0.1) is 19.4 Å². The van der Waals surface area contributed by atoms with E-state index in [1.54, 1.807) is 40.7 Å². The van der Waals surface area contributed by atoms with Crippen LogP contribution in [0.2, 0.25) is 0 Å². The molecule has 0 atom stereocenters. The van der Waals surface area contributed by atoms with Gasteiger partial charge >= 0.3 is 0 Å². The maximum Gasteiger partial charge on any atom is 0.223 e. The molecule has 1 aromatic carbocycles. The van der Waals surface area contributed by atoms with Crippen molar-refractivity contribution < 1.29 is 13.6 Å². The Balaban J connectivity index is 1.67. The number of nitrogens with zero attached hydrogens (tertiary/aromatic N) is 1. The topological polar surface area (TPSA) is 33.5 Å². The minimum absolute atomic E-state index is 0.0111.